The summed E-state index contributed by atoms with van der Waals surface area (Å²) >= 11 is 4.36. The SMILES string of the molecule is Nc1cc(Br)c(F)cc1Sc1ncnc2nc[nH]c12. The second-order valence-corrected chi connectivity index (χ2v) is 5.57. The molecule has 0 spiro atoms. The van der Waals surface area contributed by atoms with E-state index in [2.05, 4.69) is 35.9 Å². The Balaban J connectivity index is 2.06. The number of nitrogens with one attached hydrogen (secondary N) is 1. The van der Waals surface area contributed by atoms with E-state index in [0.717, 1.165) is 0 Å². The molecule has 1 aromatic carbocycles. The van der Waals surface area contributed by atoms with Gasteiger partial charge in [0.1, 0.15) is 22.7 Å². The van der Waals surface area contributed by atoms with E-state index in [0.29, 0.717) is 31.2 Å². The molecule has 0 saturated heterocycles. The van der Waals surface area contributed by atoms with Gasteiger partial charge < -0.3 is 10.7 Å². The summed E-state index contributed by atoms with van der Waals surface area (Å²) in [5, 5.41) is 0.649. The Hall–Kier alpha value is -1.67. The van der Waals surface area contributed by atoms with E-state index < -0.39 is 0 Å². The lowest BCUT2D eigenvalue weighted by Crippen LogP contribution is -1.92. The molecule has 3 aromatic rings. The Labute approximate surface area is 120 Å². The topological polar surface area (TPSA) is 80.5 Å². The van der Waals surface area contributed by atoms with Gasteiger partial charge in [-0.1, -0.05) is 11.8 Å². The second-order valence-electron chi connectivity index (χ2n) is 3.69. The number of nitrogens with zero attached hydrogens (tertiary/aromatic N) is 3. The van der Waals surface area contributed by atoms with Crippen LogP contribution in [0.4, 0.5) is 10.1 Å². The van der Waals surface area contributed by atoms with Crippen molar-refractivity contribution in [2.45, 2.75) is 9.92 Å². The fourth-order valence-electron chi connectivity index (χ4n) is 1.56. The van der Waals surface area contributed by atoms with E-state index in [9.17, 15) is 4.39 Å². The van der Waals surface area contributed by atoms with Crippen LogP contribution in [0.15, 0.2) is 39.2 Å². The van der Waals surface area contributed by atoms with Gasteiger partial charge in [-0.15, -0.1) is 0 Å². The number of aromatic amines is 1. The molecular weight excluding hydrogens is 333 g/mol. The van der Waals surface area contributed by atoms with Crippen LogP contribution in [0.5, 0.6) is 0 Å². The van der Waals surface area contributed by atoms with Gasteiger partial charge in [-0.2, -0.15) is 0 Å². The molecule has 0 aliphatic rings. The number of H-pyrrole nitrogens is 1. The number of anilines is 1. The standard InChI is InChI=1S/C11H7BrFN5S/c12-5-1-7(14)8(2-6(5)13)19-11-9-10(16-3-15-9)17-4-18-11/h1-4H,14H2,(H,15,16,17,18). The van der Waals surface area contributed by atoms with Crippen molar-refractivity contribution >= 4 is 44.5 Å². The third-order valence-electron chi connectivity index (χ3n) is 2.45. The lowest BCUT2D eigenvalue weighted by Gasteiger charge is -2.06. The average molecular weight is 340 g/mol. The van der Waals surface area contributed by atoms with Crippen LogP contribution in [0.25, 0.3) is 11.2 Å². The molecule has 0 unspecified atom stereocenters. The molecule has 0 saturated carbocycles. The Morgan fingerprint density at radius 1 is 1.26 bits per heavy atom. The Morgan fingerprint density at radius 3 is 2.95 bits per heavy atom. The summed E-state index contributed by atoms with van der Waals surface area (Å²) < 4.78 is 13.9. The number of halogens is 2. The Morgan fingerprint density at radius 2 is 2.11 bits per heavy atom. The van der Waals surface area contributed by atoms with Crippen LogP contribution < -0.4 is 5.73 Å². The van der Waals surface area contributed by atoms with E-state index >= 15 is 0 Å². The number of benzene rings is 1. The first kappa shape index (κ1) is 12.4. The summed E-state index contributed by atoms with van der Waals surface area (Å²) in [6.45, 7) is 0. The highest BCUT2D eigenvalue weighted by Crippen LogP contribution is 2.35. The van der Waals surface area contributed by atoms with Gasteiger partial charge >= 0.3 is 0 Å². The molecule has 19 heavy (non-hydrogen) atoms. The van der Waals surface area contributed by atoms with Crippen LogP contribution in [0, 0.1) is 5.82 Å². The summed E-state index contributed by atoms with van der Waals surface area (Å²) in [6, 6.07) is 2.90. The van der Waals surface area contributed by atoms with Crippen molar-refractivity contribution in [3.05, 3.63) is 35.1 Å². The van der Waals surface area contributed by atoms with E-state index in [1.165, 1.54) is 36.5 Å². The van der Waals surface area contributed by atoms with Crippen LogP contribution in [0.1, 0.15) is 0 Å². The van der Waals surface area contributed by atoms with Gasteiger partial charge in [0.15, 0.2) is 5.65 Å². The van der Waals surface area contributed by atoms with Crippen molar-refractivity contribution < 1.29 is 4.39 Å². The first-order valence-corrected chi connectivity index (χ1v) is 6.82. The van der Waals surface area contributed by atoms with E-state index in [1.54, 1.807) is 0 Å². The largest absolute Gasteiger partial charge is 0.398 e. The number of imidazole rings is 1. The minimum atomic E-state index is -0.369. The van der Waals surface area contributed by atoms with E-state index in [1.807, 2.05) is 0 Å². The average Bonchev–Trinajstić information content (AvgIpc) is 2.85. The third kappa shape index (κ3) is 2.28. The van der Waals surface area contributed by atoms with Gasteiger partial charge in [-0.05, 0) is 28.1 Å². The minimum Gasteiger partial charge on any atom is -0.398 e. The number of nitrogens with two attached hydrogens (primary N) is 1. The van der Waals surface area contributed by atoms with Gasteiger partial charge in [-0.3, -0.25) is 0 Å². The number of aromatic nitrogens is 4. The van der Waals surface area contributed by atoms with E-state index in [-0.39, 0.29) is 5.82 Å². The van der Waals surface area contributed by atoms with Crippen molar-refractivity contribution in [3.63, 3.8) is 0 Å². The molecule has 0 aliphatic heterocycles. The quantitative estimate of drug-likeness (QED) is 0.554. The van der Waals surface area contributed by atoms with E-state index in [4.69, 9.17) is 5.73 Å². The molecule has 3 N–H and O–H groups in total. The normalized spacial score (nSPS) is 11.1. The van der Waals surface area contributed by atoms with Crippen LogP contribution in [-0.4, -0.2) is 19.9 Å². The van der Waals surface area contributed by atoms with Crippen molar-refractivity contribution in [2.24, 2.45) is 0 Å². The highest BCUT2D eigenvalue weighted by molar-refractivity contribution is 9.10. The molecule has 2 heterocycles. The number of hydrogen-bond donors (Lipinski definition) is 2. The van der Waals surface area contributed by atoms with Gasteiger partial charge in [0, 0.05) is 10.6 Å². The van der Waals surface area contributed by atoms with Crippen LogP contribution in [0.2, 0.25) is 0 Å². The molecule has 5 nitrogen and oxygen atoms in total. The lowest BCUT2D eigenvalue weighted by atomic mass is 10.3. The van der Waals surface area contributed by atoms with Crippen LogP contribution >= 0.6 is 27.7 Å². The first-order chi connectivity index (χ1) is 9.15. The Kier molecular flexibility index (Phi) is 3.11. The first-order valence-electron chi connectivity index (χ1n) is 5.21. The number of rotatable bonds is 2. The number of nitrogen functional groups attached to an aromatic ring is 1. The highest BCUT2D eigenvalue weighted by Gasteiger charge is 2.12. The molecule has 8 heteroatoms. The molecule has 2 aromatic heterocycles. The monoisotopic (exact) mass is 339 g/mol. The molecule has 0 fully saturated rings. The van der Waals surface area contributed by atoms with Gasteiger partial charge in [0.2, 0.25) is 0 Å². The maximum atomic E-state index is 13.5. The predicted octanol–water partition coefficient (Wildman–Crippen LogP) is 2.99. The van der Waals surface area contributed by atoms with Crippen molar-refractivity contribution in [3.8, 4) is 0 Å². The molecule has 0 amide bonds. The molecule has 96 valence electrons. The molecule has 0 radical (unpaired) electrons. The highest BCUT2D eigenvalue weighted by atomic mass is 79.9. The maximum absolute atomic E-state index is 13.5. The molecule has 0 aliphatic carbocycles. The molecule has 0 atom stereocenters. The zero-order valence-corrected chi connectivity index (χ0v) is 11.8. The van der Waals surface area contributed by atoms with Crippen molar-refractivity contribution in [2.75, 3.05) is 5.73 Å². The maximum Gasteiger partial charge on any atom is 0.181 e. The fourth-order valence-corrected chi connectivity index (χ4v) is 2.82. The molecule has 0 bridgehead atoms. The second kappa shape index (κ2) is 4.78. The smallest absolute Gasteiger partial charge is 0.181 e. The summed E-state index contributed by atoms with van der Waals surface area (Å²) in [7, 11) is 0. The van der Waals surface area contributed by atoms with Gasteiger partial charge in [0.05, 0.1) is 10.8 Å². The Bertz CT molecular complexity index is 760. The predicted molar refractivity (Wildman–Crippen MR) is 74.3 cm³/mol. The summed E-state index contributed by atoms with van der Waals surface area (Å²) in [5.74, 6) is -0.369. The van der Waals surface area contributed by atoms with Crippen LogP contribution in [0.3, 0.4) is 0 Å². The zero-order chi connectivity index (χ0) is 13.4. The summed E-state index contributed by atoms with van der Waals surface area (Å²) in [5.41, 5.74) is 7.61. The van der Waals surface area contributed by atoms with Gasteiger partial charge in [0.25, 0.3) is 0 Å². The molecule has 3 rings (SSSR count). The van der Waals surface area contributed by atoms with Crippen molar-refractivity contribution in [1.29, 1.82) is 0 Å². The number of hydrogen-bond acceptors (Lipinski definition) is 5. The third-order valence-corrected chi connectivity index (χ3v) is 4.13. The van der Waals surface area contributed by atoms with Crippen molar-refractivity contribution in [1.82, 2.24) is 19.9 Å². The molecular formula is C11H7BrFN5S. The van der Waals surface area contributed by atoms with Crippen LogP contribution in [-0.2, 0) is 0 Å². The fraction of sp³-hybridized carbons (Fsp3) is 0. The summed E-state index contributed by atoms with van der Waals surface area (Å²) in [4.78, 5) is 15.8. The summed E-state index contributed by atoms with van der Waals surface area (Å²) in [6.07, 6.45) is 2.95. The lowest BCUT2D eigenvalue weighted by molar-refractivity contribution is 0.618. The minimum absolute atomic E-state index is 0.337. The zero-order valence-electron chi connectivity index (χ0n) is 9.39. The van der Waals surface area contributed by atoms with Gasteiger partial charge in [-0.25, -0.2) is 19.3 Å². The number of fused-ring (bicyclic) bond motifs is 1.